The molecule has 2 rings (SSSR count). The Bertz CT molecular complexity index is 617. The summed E-state index contributed by atoms with van der Waals surface area (Å²) in [6.07, 6.45) is 1.43. The molecule has 0 atom stereocenters. The van der Waals surface area contributed by atoms with Crippen LogP contribution in [-0.2, 0) is 6.54 Å². The molecule has 0 aliphatic rings. The number of halogens is 2. The number of hydrogen-bond donors (Lipinski definition) is 1. The highest BCUT2D eigenvalue weighted by atomic mass is 79.9. The lowest BCUT2D eigenvalue weighted by Crippen LogP contribution is -2.26. The van der Waals surface area contributed by atoms with Crippen molar-refractivity contribution in [1.82, 2.24) is 9.88 Å². The second kappa shape index (κ2) is 5.90. The molecule has 0 radical (unpaired) electrons. The van der Waals surface area contributed by atoms with Crippen LogP contribution in [0.4, 0.5) is 5.69 Å². The van der Waals surface area contributed by atoms with Crippen molar-refractivity contribution in [3.05, 3.63) is 43.8 Å². The summed E-state index contributed by atoms with van der Waals surface area (Å²) >= 11 is 10.9. The van der Waals surface area contributed by atoms with Gasteiger partial charge in [-0.2, -0.15) is 0 Å². The van der Waals surface area contributed by atoms with Crippen LogP contribution in [0.1, 0.15) is 15.9 Å². The summed E-state index contributed by atoms with van der Waals surface area (Å²) in [5, 5.41) is 2.16. The highest BCUT2D eigenvalue weighted by Crippen LogP contribution is 2.23. The van der Waals surface area contributed by atoms with Crippen LogP contribution < -0.4 is 5.73 Å². The number of hydrogen-bond acceptors (Lipinski definition) is 4. The highest BCUT2D eigenvalue weighted by Gasteiger charge is 2.17. The Kier molecular flexibility index (Phi) is 4.44. The van der Waals surface area contributed by atoms with Crippen LogP contribution in [0, 0.1) is 0 Å². The Balaban J connectivity index is 2.16. The Morgan fingerprint density at radius 2 is 2.32 bits per heavy atom. The van der Waals surface area contributed by atoms with Gasteiger partial charge in [0.2, 0.25) is 0 Å². The summed E-state index contributed by atoms with van der Waals surface area (Å²) in [5.41, 5.74) is 7.42. The minimum atomic E-state index is -0.202. The molecular formula is C12H11BrClN3OS. The SMILES string of the molecule is CN(Cc1csc(Br)c1)C(=O)c1cc(N)cnc1Cl. The van der Waals surface area contributed by atoms with E-state index in [-0.39, 0.29) is 11.1 Å². The fourth-order valence-corrected chi connectivity index (χ4v) is 2.98. The largest absolute Gasteiger partial charge is 0.397 e. The number of thiophene rings is 1. The number of carbonyl (C=O) groups is 1. The Hall–Kier alpha value is -1.11. The molecule has 4 nitrogen and oxygen atoms in total. The van der Waals surface area contributed by atoms with Gasteiger partial charge in [-0.15, -0.1) is 11.3 Å². The normalized spacial score (nSPS) is 10.5. The first-order chi connectivity index (χ1) is 8.97. The predicted octanol–water partition coefficient (Wildman–Crippen LogP) is 3.41. The van der Waals surface area contributed by atoms with E-state index < -0.39 is 0 Å². The number of anilines is 1. The second-order valence-corrected chi connectivity index (χ2v) is 6.68. The molecule has 100 valence electrons. The van der Waals surface area contributed by atoms with Gasteiger partial charge in [-0.1, -0.05) is 11.6 Å². The Morgan fingerprint density at radius 1 is 1.58 bits per heavy atom. The van der Waals surface area contributed by atoms with Crippen LogP contribution in [0.5, 0.6) is 0 Å². The number of carbonyl (C=O) groups excluding carboxylic acids is 1. The smallest absolute Gasteiger partial charge is 0.257 e. The van der Waals surface area contributed by atoms with E-state index in [0.29, 0.717) is 17.8 Å². The van der Waals surface area contributed by atoms with Crippen molar-refractivity contribution in [2.75, 3.05) is 12.8 Å². The molecular weight excluding hydrogens is 350 g/mol. The zero-order valence-electron chi connectivity index (χ0n) is 10.1. The van der Waals surface area contributed by atoms with E-state index in [2.05, 4.69) is 20.9 Å². The molecule has 2 heterocycles. The third-order valence-corrected chi connectivity index (χ3v) is 4.33. The molecule has 0 saturated carbocycles. The fourth-order valence-electron chi connectivity index (χ4n) is 1.59. The van der Waals surface area contributed by atoms with Gasteiger partial charge in [0.25, 0.3) is 5.91 Å². The number of nitrogen functional groups attached to an aromatic ring is 1. The molecule has 2 aromatic rings. The number of pyridine rings is 1. The van der Waals surface area contributed by atoms with Crippen molar-refractivity contribution in [2.24, 2.45) is 0 Å². The van der Waals surface area contributed by atoms with Gasteiger partial charge in [0, 0.05) is 13.6 Å². The lowest BCUT2D eigenvalue weighted by atomic mass is 10.2. The minimum absolute atomic E-state index is 0.164. The second-order valence-electron chi connectivity index (χ2n) is 4.03. The molecule has 0 bridgehead atoms. The minimum Gasteiger partial charge on any atom is -0.397 e. The highest BCUT2D eigenvalue weighted by molar-refractivity contribution is 9.11. The third kappa shape index (κ3) is 3.46. The van der Waals surface area contributed by atoms with E-state index in [1.807, 2.05) is 11.4 Å². The zero-order valence-corrected chi connectivity index (χ0v) is 13.2. The van der Waals surface area contributed by atoms with Crippen LogP contribution in [-0.4, -0.2) is 22.8 Å². The summed E-state index contributed by atoms with van der Waals surface area (Å²) < 4.78 is 1.03. The van der Waals surface area contributed by atoms with Gasteiger partial charge in [-0.3, -0.25) is 4.79 Å². The maximum atomic E-state index is 12.3. The van der Waals surface area contributed by atoms with Crippen molar-refractivity contribution in [2.45, 2.75) is 6.54 Å². The summed E-state index contributed by atoms with van der Waals surface area (Å²) in [6.45, 7) is 0.506. The number of nitrogens with two attached hydrogens (primary N) is 1. The first-order valence-electron chi connectivity index (χ1n) is 5.37. The molecule has 0 aliphatic heterocycles. The molecule has 0 fully saturated rings. The molecule has 19 heavy (non-hydrogen) atoms. The van der Waals surface area contributed by atoms with Crippen molar-refractivity contribution in [1.29, 1.82) is 0 Å². The topological polar surface area (TPSA) is 59.2 Å². The van der Waals surface area contributed by atoms with Crippen molar-refractivity contribution in [3.8, 4) is 0 Å². The summed E-state index contributed by atoms with van der Waals surface area (Å²) in [7, 11) is 1.72. The van der Waals surface area contributed by atoms with Gasteiger partial charge >= 0.3 is 0 Å². The van der Waals surface area contributed by atoms with Crippen LogP contribution in [0.15, 0.2) is 27.5 Å². The van der Waals surface area contributed by atoms with E-state index in [9.17, 15) is 4.79 Å². The molecule has 0 spiro atoms. The first kappa shape index (κ1) is 14.3. The van der Waals surface area contributed by atoms with E-state index in [0.717, 1.165) is 9.35 Å². The number of amides is 1. The number of rotatable bonds is 3. The van der Waals surface area contributed by atoms with Crippen LogP contribution in [0.2, 0.25) is 5.15 Å². The Morgan fingerprint density at radius 3 is 2.95 bits per heavy atom. The van der Waals surface area contributed by atoms with Crippen molar-refractivity contribution < 1.29 is 4.79 Å². The zero-order chi connectivity index (χ0) is 14.0. The average molecular weight is 361 g/mol. The van der Waals surface area contributed by atoms with E-state index in [1.54, 1.807) is 23.3 Å². The number of aromatic nitrogens is 1. The van der Waals surface area contributed by atoms with E-state index >= 15 is 0 Å². The lowest BCUT2D eigenvalue weighted by Gasteiger charge is -2.17. The lowest BCUT2D eigenvalue weighted by molar-refractivity contribution is 0.0785. The number of nitrogens with zero attached hydrogens (tertiary/aromatic N) is 2. The summed E-state index contributed by atoms with van der Waals surface area (Å²) in [5.74, 6) is -0.202. The van der Waals surface area contributed by atoms with Gasteiger partial charge in [0.1, 0.15) is 5.15 Å². The van der Waals surface area contributed by atoms with Gasteiger partial charge in [-0.25, -0.2) is 4.98 Å². The standard InChI is InChI=1S/C12H11BrClN3OS/c1-17(5-7-2-10(13)19-6-7)12(18)9-3-8(15)4-16-11(9)14/h2-4,6H,5,15H2,1H3. The molecule has 0 aliphatic carbocycles. The first-order valence-corrected chi connectivity index (χ1v) is 7.42. The van der Waals surface area contributed by atoms with Crippen LogP contribution >= 0.6 is 38.9 Å². The molecule has 1 amide bonds. The fraction of sp³-hybridized carbons (Fsp3) is 0.167. The Labute approximate surface area is 128 Å². The maximum Gasteiger partial charge on any atom is 0.257 e. The molecule has 0 aromatic carbocycles. The predicted molar refractivity (Wildman–Crippen MR) is 81.5 cm³/mol. The van der Waals surface area contributed by atoms with Gasteiger partial charge in [0.05, 0.1) is 21.2 Å². The molecule has 2 aromatic heterocycles. The molecule has 7 heteroatoms. The van der Waals surface area contributed by atoms with Crippen molar-refractivity contribution in [3.63, 3.8) is 0 Å². The van der Waals surface area contributed by atoms with Gasteiger partial charge in [0.15, 0.2) is 0 Å². The summed E-state index contributed by atoms with van der Waals surface area (Å²) in [4.78, 5) is 17.7. The molecule has 0 saturated heterocycles. The van der Waals surface area contributed by atoms with Crippen LogP contribution in [0.25, 0.3) is 0 Å². The third-order valence-electron chi connectivity index (χ3n) is 2.48. The van der Waals surface area contributed by atoms with E-state index in [1.165, 1.54) is 12.3 Å². The maximum absolute atomic E-state index is 12.3. The van der Waals surface area contributed by atoms with Gasteiger partial charge in [-0.05, 0) is 39.0 Å². The van der Waals surface area contributed by atoms with Gasteiger partial charge < -0.3 is 10.6 Å². The van der Waals surface area contributed by atoms with Crippen molar-refractivity contribution >= 4 is 50.5 Å². The quantitative estimate of drug-likeness (QED) is 0.853. The average Bonchev–Trinajstić information content (AvgIpc) is 2.77. The van der Waals surface area contributed by atoms with Crippen LogP contribution in [0.3, 0.4) is 0 Å². The monoisotopic (exact) mass is 359 g/mol. The molecule has 2 N–H and O–H groups in total. The summed E-state index contributed by atoms with van der Waals surface area (Å²) in [6, 6.07) is 3.52. The molecule has 0 unspecified atom stereocenters. The van der Waals surface area contributed by atoms with E-state index in [4.69, 9.17) is 17.3 Å².